The molecule has 0 saturated heterocycles. The molecule has 144 valence electrons. The molecule has 0 spiro atoms. The van der Waals surface area contributed by atoms with Gasteiger partial charge >= 0.3 is 0 Å². The highest BCUT2D eigenvalue weighted by Gasteiger charge is 2.29. The van der Waals surface area contributed by atoms with Crippen LogP contribution < -0.4 is 10.1 Å². The molecule has 2 rings (SSSR count). The standard InChI is InChI=1S/C18H20N2O6S/c1-13-3-7-16(8-4-13)26-12-11-19-18(21)14(2)27(24,25)17-9-5-15(6-10-17)20(22)23/h3-10,14H,11-12H2,1-2H3,(H,19,21)/t14-/m1/s1. The molecule has 2 aromatic rings. The SMILES string of the molecule is Cc1ccc(OCCNC(=O)[C@@H](C)S(=O)(=O)c2ccc([N+](=O)[O-])cc2)cc1. The maximum Gasteiger partial charge on any atom is 0.269 e. The molecule has 1 N–H and O–H groups in total. The van der Waals surface area contributed by atoms with Crippen molar-refractivity contribution in [3.8, 4) is 5.75 Å². The summed E-state index contributed by atoms with van der Waals surface area (Å²) in [6.45, 7) is 3.57. The maximum atomic E-state index is 12.5. The second kappa shape index (κ2) is 8.63. The van der Waals surface area contributed by atoms with E-state index in [1.165, 1.54) is 6.92 Å². The number of sulfone groups is 1. The molecule has 0 fully saturated rings. The Kier molecular flexibility index (Phi) is 6.51. The highest BCUT2D eigenvalue weighted by atomic mass is 32.2. The van der Waals surface area contributed by atoms with Gasteiger partial charge in [-0.05, 0) is 38.1 Å². The normalized spacial score (nSPS) is 12.2. The van der Waals surface area contributed by atoms with Crippen LogP contribution in [0, 0.1) is 17.0 Å². The minimum atomic E-state index is -3.95. The Hall–Kier alpha value is -2.94. The van der Waals surface area contributed by atoms with Crippen molar-refractivity contribution in [3.05, 3.63) is 64.2 Å². The minimum absolute atomic E-state index is 0.146. The number of rotatable bonds is 8. The molecule has 9 heteroatoms. The lowest BCUT2D eigenvalue weighted by molar-refractivity contribution is -0.384. The van der Waals surface area contributed by atoms with E-state index < -0.39 is 25.9 Å². The van der Waals surface area contributed by atoms with Gasteiger partial charge in [0.25, 0.3) is 5.69 Å². The van der Waals surface area contributed by atoms with Gasteiger partial charge in [-0.3, -0.25) is 14.9 Å². The number of carbonyl (C=O) groups is 1. The lowest BCUT2D eigenvalue weighted by Gasteiger charge is -2.14. The van der Waals surface area contributed by atoms with Gasteiger partial charge in [0, 0.05) is 12.1 Å². The number of carbonyl (C=O) groups excluding carboxylic acids is 1. The number of nitro groups is 1. The van der Waals surface area contributed by atoms with Crippen molar-refractivity contribution in [2.45, 2.75) is 24.0 Å². The predicted molar refractivity (Wildman–Crippen MR) is 99.4 cm³/mol. The Morgan fingerprint density at radius 2 is 1.74 bits per heavy atom. The molecule has 2 aromatic carbocycles. The Morgan fingerprint density at radius 1 is 1.15 bits per heavy atom. The zero-order chi connectivity index (χ0) is 20.0. The summed E-state index contributed by atoms with van der Waals surface area (Å²) in [5, 5.41) is 11.8. The Morgan fingerprint density at radius 3 is 2.30 bits per heavy atom. The van der Waals surface area contributed by atoms with Crippen LogP contribution in [0.2, 0.25) is 0 Å². The smallest absolute Gasteiger partial charge is 0.269 e. The van der Waals surface area contributed by atoms with E-state index in [1.54, 1.807) is 12.1 Å². The number of nitrogens with zero attached hydrogens (tertiary/aromatic N) is 1. The van der Waals surface area contributed by atoms with Crippen molar-refractivity contribution >= 4 is 21.4 Å². The Bertz CT molecular complexity index is 908. The van der Waals surface area contributed by atoms with Gasteiger partial charge in [0.1, 0.15) is 17.6 Å². The third-order valence-electron chi connectivity index (χ3n) is 3.90. The summed E-state index contributed by atoms with van der Waals surface area (Å²) in [6, 6.07) is 11.8. The van der Waals surface area contributed by atoms with E-state index in [0.29, 0.717) is 5.75 Å². The van der Waals surface area contributed by atoms with Crippen LogP contribution in [0.15, 0.2) is 53.4 Å². The van der Waals surface area contributed by atoms with Gasteiger partial charge in [0.05, 0.1) is 16.4 Å². The molecule has 0 unspecified atom stereocenters. The quantitative estimate of drug-likeness (QED) is 0.418. The van der Waals surface area contributed by atoms with Gasteiger partial charge in [-0.2, -0.15) is 0 Å². The van der Waals surface area contributed by atoms with Gasteiger partial charge < -0.3 is 10.1 Å². The average molecular weight is 392 g/mol. The molecule has 8 nitrogen and oxygen atoms in total. The molecule has 0 bridgehead atoms. The molecule has 0 aliphatic rings. The number of nitro benzene ring substituents is 1. The third kappa shape index (κ3) is 5.27. The summed E-state index contributed by atoms with van der Waals surface area (Å²) in [5.74, 6) is -0.0118. The van der Waals surface area contributed by atoms with Gasteiger partial charge in [-0.15, -0.1) is 0 Å². The van der Waals surface area contributed by atoms with Crippen LogP contribution in [0.25, 0.3) is 0 Å². The summed E-state index contributed by atoms with van der Waals surface area (Å²) in [4.78, 5) is 22.0. The molecule has 1 amide bonds. The first-order valence-electron chi connectivity index (χ1n) is 8.17. The lowest BCUT2D eigenvalue weighted by atomic mass is 10.2. The van der Waals surface area contributed by atoms with Crippen LogP contribution in [0.5, 0.6) is 5.75 Å². The summed E-state index contributed by atoms with van der Waals surface area (Å²) < 4.78 is 30.4. The summed E-state index contributed by atoms with van der Waals surface area (Å²) in [7, 11) is -3.95. The second-order valence-electron chi connectivity index (χ2n) is 5.89. The zero-order valence-corrected chi connectivity index (χ0v) is 15.7. The molecular weight excluding hydrogens is 372 g/mol. The number of aryl methyl sites for hydroxylation is 1. The largest absolute Gasteiger partial charge is 0.492 e. The number of hydrogen-bond acceptors (Lipinski definition) is 6. The minimum Gasteiger partial charge on any atom is -0.492 e. The van der Waals surface area contributed by atoms with Crippen LogP contribution >= 0.6 is 0 Å². The van der Waals surface area contributed by atoms with Gasteiger partial charge in [-0.25, -0.2) is 8.42 Å². The number of benzene rings is 2. The first-order valence-corrected chi connectivity index (χ1v) is 9.72. The highest BCUT2D eigenvalue weighted by Crippen LogP contribution is 2.20. The number of nitrogens with one attached hydrogen (secondary N) is 1. The van der Waals surface area contributed by atoms with E-state index in [-0.39, 0.29) is 23.7 Å². The summed E-state index contributed by atoms with van der Waals surface area (Å²) in [5.41, 5.74) is 0.875. The molecule has 1 atom stereocenters. The van der Waals surface area contributed by atoms with Crippen LogP contribution in [-0.2, 0) is 14.6 Å². The molecule has 0 radical (unpaired) electrons. The lowest BCUT2D eigenvalue weighted by Crippen LogP contribution is -2.39. The van der Waals surface area contributed by atoms with Crippen molar-refractivity contribution in [2.24, 2.45) is 0 Å². The van der Waals surface area contributed by atoms with Crippen LogP contribution in [0.1, 0.15) is 12.5 Å². The first kappa shape index (κ1) is 20.4. The number of amides is 1. The summed E-state index contributed by atoms with van der Waals surface area (Å²) >= 11 is 0. The molecule has 0 saturated carbocycles. The Balaban J connectivity index is 1.90. The fourth-order valence-corrected chi connectivity index (χ4v) is 3.51. The monoisotopic (exact) mass is 392 g/mol. The van der Waals surface area contributed by atoms with Crippen molar-refractivity contribution in [2.75, 3.05) is 13.2 Å². The first-order chi connectivity index (χ1) is 12.7. The van der Waals surface area contributed by atoms with Gasteiger partial charge in [0.15, 0.2) is 9.84 Å². The van der Waals surface area contributed by atoms with E-state index >= 15 is 0 Å². The molecule has 0 aliphatic carbocycles. The predicted octanol–water partition coefficient (Wildman–Crippen LogP) is 2.26. The summed E-state index contributed by atoms with van der Waals surface area (Å²) in [6.07, 6.45) is 0. The maximum absolute atomic E-state index is 12.5. The van der Waals surface area contributed by atoms with Gasteiger partial charge in [-0.1, -0.05) is 17.7 Å². The molecular formula is C18H20N2O6S. The van der Waals surface area contributed by atoms with Gasteiger partial charge in [0.2, 0.25) is 5.91 Å². The number of non-ortho nitro benzene ring substituents is 1. The third-order valence-corrected chi connectivity index (χ3v) is 5.98. The Labute approximate surface area is 157 Å². The van der Waals surface area contributed by atoms with Crippen molar-refractivity contribution < 1.29 is 22.9 Å². The second-order valence-corrected chi connectivity index (χ2v) is 8.16. The zero-order valence-electron chi connectivity index (χ0n) is 14.9. The fourth-order valence-electron chi connectivity index (χ4n) is 2.22. The van der Waals surface area contributed by atoms with Crippen LogP contribution in [0.3, 0.4) is 0 Å². The average Bonchev–Trinajstić information content (AvgIpc) is 2.65. The number of hydrogen-bond donors (Lipinski definition) is 1. The van der Waals surface area contributed by atoms with E-state index in [4.69, 9.17) is 4.74 Å². The van der Waals surface area contributed by atoms with Crippen LogP contribution in [-0.4, -0.2) is 37.6 Å². The fraction of sp³-hybridized carbons (Fsp3) is 0.278. The van der Waals surface area contributed by atoms with Crippen molar-refractivity contribution in [1.29, 1.82) is 0 Å². The van der Waals surface area contributed by atoms with Crippen LogP contribution in [0.4, 0.5) is 5.69 Å². The highest BCUT2D eigenvalue weighted by molar-refractivity contribution is 7.92. The molecule has 0 heterocycles. The molecule has 0 aliphatic heterocycles. The van der Waals surface area contributed by atoms with E-state index in [2.05, 4.69) is 5.32 Å². The van der Waals surface area contributed by atoms with E-state index in [0.717, 1.165) is 29.8 Å². The topological polar surface area (TPSA) is 116 Å². The number of ether oxygens (including phenoxy) is 1. The van der Waals surface area contributed by atoms with Crippen molar-refractivity contribution in [3.63, 3.8) is 0 Å². The molecule has 0 aromatic heterocycles. The van der Waals surface area contributed by atoms with E-state index in [1.807, 2.05) is 19.1 Å². The van der Waals surface area contributed by atoms with E-state index in [9.17, 15) is 23.3 Å². The molecule has 27 heavy (non-hydrogen) atoms. The van der Waals surface area contributed by atoms with Crippen molar-refractivity contribution in [1.82, 2.24) is 5.32 Å².